The van der Waals surface area contributed by atoms with E-state index in [1.165, 1.54) is 0 Å². The number of benzene rings is 2. The molecule has 5 heteroatoms. The SMILES string of the molecule is CCOC(=O)c1cc(-c2ccc(OC)cc2)nn1-c1ccccc1. The van der Waals surface area contributed by atoms with Crippen molar-refractivity contribution in [2.45, 2.75) is 6.92 Å². The van der Waals surface area contributed by atoms with Gasteiger partial charge in [-0.15, -0.1) is 0 Å². The smallest absolute Gasteiger partial charge is 0.357 e. The quantitative estimate of drug-likeness (QED) is 0.672. The molecule has 0 atom stereocenters. The summed E-state index contributed by atoms with van der Waals surface area (Å²) >= 11 is 0. The minimum absolute atomic E-state index is 0.316. The van der Waals surface area contributed by atoms with Crippen molar-refractivity contribution >= 4 is 5.97 Å². The Bertz CT molecular complexity index is 824. The molecule has 0 aliphatic carbocycles. The number of hydrogen-bond donors (Lipinski definition) is 0. The Morgan fingerprint density at radius 1 is 1.08 bits per heavy atom. The molecule has 3 aromatic rings. The fourth-order valence-corrected chi connectivity index (χ4v) is 2.40. The van der Waals surface area contributed by atoms with E-state index in [1.54, 1.807) is 24.8 Å². The summed E-state index contributed by atoms with van der Waals surface area (Å²) in [5, 5.41) is 4.58. The molecule has 0 aliphatic heterocycles. The second kappa shape index (κ2) is 7.00. The molecule has 0 saturated heterocycles. The number of carbonyl (C=O) groups is 1. The highest BCUT2D eigenvalue weighted by atomic mass is 16.5. The molecule has 122 valence electrons. The molecule has 0 radical (unpaired) electrons. The van der Waals surface area contributed by atoms with E-state index in [2.05, 4.69) is 5.10 Å². The van der Waals surface area contributed by atoms with Gasteiger partial charge in [-0.2, -0.15) is 5.10 Å². The first-order chi connectivity index (χ1) is 11.7. The second-order valence-electron chi connectivity index (χ2n) is 5.11. The molecule has 1 aromatic heterocycles. The predicted octanol–water partition coefficient (Wildman–Crippen LogP) is 3.72. The number of aromatic nitrogens is 2. The molecule has 24 heavy (non-hydrogen) atoms. The molecule has 0 saturated carbocycles. The average Bonchev–Trinajstić information content (AvgIpc) is 3.08. The zero-order valence-electron chi connectivity index (χ0n) is 13.6. The van der Waals surface area contributed by atoms with Gasteiger partial charge in [0.1, 0.15) is 5.75 Å². The van der Waals surface area contributed by atoms with E-state index in [1.807, 2.05) is 54.6 Å². The molecule has 0 unspecified atom stereocenters. The Morgan fingerprint density at radius 3 is 2.42 bits per heavy atom. The standard InChI is InChI=1S/C19H18N2O3/c1-3-24-19(22)18-13-17(14-9-11-16(23-2)12-10-14)20-21(18)15-7-5-4-6-8-15/h4-13H,3H2,1-2H3. The summed E-state index contributed by atoms with van der Waals surface area (Å²) in [5.74, 6) is 0.375. The van der Waals surface area contributed by atoms with E-state index >= 15 is 0 Å². The van der Waals surface area contributed by atoms with Crippen molar-refractivity contribution in [3.8, 4) is 22.7 Å². The van der Waals surface area contributed by atoms with E-state index in [0.717, 1.165) is 17.0 Å². The van der Waals surface area contributed by atoms with Gasteiger partial charge in [-0.3, -0.25) is 0 Å². The Morgan fingerprint density at radius 2 is 1.79 bits per heavy atom. The van der Waals surface area contributed by atoms with Crippen LogP contribution in [-0.2, 0) is 4.74 Å². The van der Waals surface area contributed by atoms with Crippen molar-refractivity contribution in [3.63, 3.8) is 0 Å². The first kappa shape index (κ1) is 15.8. The fraction of sp³-hybridized carbons (Fsp3) is 0.158. The Hall–Kier alpha value is -3.08. The van der Waals surface area contributed by atoms with Crippen LogP contribution in [0.1, 0.15) is 17.4 Å². The Labute approximate surface area is 140 Å². The lowest BCUT2D eigenvalue weighted by Crippen LogP contribution is -2.11. The maximum absolute atomic E-state index is 12.3. The van der Waals surface area contributed by atoms with Gasteiger partial charge in [-0.05, 0) is 49.4 Å². The van der Waals surface area contributed by atoms with Crippen LogP contribution in [0.15, 0.2) is 60.7 Å². The van der Waals surface area contributed by atoms with E-state index in [-0.39, 0.29) is 0 Å². The van der Waals surface area contributed by atoms with Crippen molar-refractivity contribution < 1.29 is 14.3 Å². The van der Waals surface area contributed by atoms with Crippen LogP contribution in [0.5, 0.6) is 5.75 Å². The lowest BCUT2D eigenvalue weighted by molar-refractivity contribution is 0.0515. The van der Waals surface area contributed by atoms with Gasteiger partial charge in [-0.25, -0.2) is 9.48 Å². The van der Waals surface area contributed by atoms with Gasteiger partial charge in [0.15, 0.2) is 5.69 Å². The number of esters is 1. The predicted molar refractivity (Wildman–Crippen MR) is 91.5 cm³/mol. The highest BCUT2D eigenvalue weighted by Crippen LogP contribution is 2.24. The van der Waals surface area contributed by atoms with Gasteiger partial charge in [0, 0.05) is 5.56 Å². The summed E-state index contributed by atoms with van der Waals surface area (Å²) in [6.07, 6.45) is 0. The molecule has 1 heterocycles. The molecule has 0 aliphatic rings. The summed E-state index contributed by atoms with van der Waals surface area (Å²) in [6.45, 7) is 2.10. The van der Waals surface area contributed by atoms with Crippen LogP contribution in [0.25, 0.3) is 16.9 Å². The number of rotatable bonds is 5. The van der Waals surface area contributed by atoms with Crippen molar-refractivity contribution in [1.29, 1.82) is 0 Å². The molecule has 3 rings (SSSR count). The highest BCUT2D eigenvalue weighted by Gasteiger charge is 2.18. The van der Waals surface area contributed by atoms with Gasteiger partial charge in [0.25, 0.3) is 0 Å². The minimum atomic E-state index is -0.395. The van der Waals surface area contributed by atoms with Gasteiger partial charge < -0.3 is 9.47 Å². The first-order valence-corrected chi connectivity index (χ1v) is 7.70. The third kappa shape index (κ3) is 3.15. The van der Waals surface area contributed by atoms with Crippen LogP contribution in [0, 0.1) is 0 Å². The molecule has 0 spiro atoms. The Kier molecular flexibility index (Phi) is 4.61. The summed E-state index contributed by atoms with van der Waals surface area (Å²) < 4.78 is 11.9. The second-order valence-corrected chi connectivity index (χ2v) is 5.11. The third-order valence-electron chi connectivity index (χ3n) is 3.58. The van der Waals surface area contributed by atoms with Crippen molar-refractivity contribution in [1.82, 2.24) is 9.78 Å². The monoisotopic (exact) mass is 322 g/mol. The van der Waals surface area contributed by atoms with Crippen molar-refractivity contribution in [2.75, 3.05) is 13.7 Å². The van der Waals surface area contributed by atoms with E-state index in [4.69, 9.17) is 9.47 Å². The molecular weight excluding hydrogens is 304 g/mol. The highest BCUT2D eigenvalue weighted by molar-refractivity contribution is 5.89. The molecule has 0 N–H and O–H groups in total. The van der Waals surface area contributed by atoms with E-state index in [9.17, 15) is 4.79 Å². The lowest BCUT2D eigenvalue weighted by atomic mass is 10.1. The number of hydrogen-bond acceptors (Lipinski definition) is 4. The Balaban J connectivity index is 2.06. The first-order valence-electron chi connectivity index (χ1n) is 7.70. The average molecular weight is 322 g/mol. The minimum Gasteiger partial charge on any atom is -0.497 e. The summed E-state index contributed by atoms with van der Waals surface area (Å²) in [6, 6.07) is 18.8. The number of carbonyl (C=O) groups excluding carboxylic acids is 1. The zero-order chi connectivity index (χ0) is 16.9. The molecule has 2 aromatic carbocycles. The van der Waals surface area contributed by atoms with Crippen LogP contribution in [0.2, 0.25) is 0 Å². The summed E-state index contributed by atoms with van der Waals surface area (Å²) in [4.78, 5) is 12.3. The lowest BCUT2D eigenvalue weighted by Gasteiger charge is -2.06. The zero-order valence-corrected chi connectivity index (χ0v) is 13.6. The molecule has 0 bridgehead atoms. The van der Waals surface area contributed by atoms with Crippen molar-refractivity contribution in [3.05, 3.63) is 66.4 Å². The van der Waals surface area contributed by atoms with Crippen LogP contribution >= 0.6 is 0 Å². The number of para-hydroxylation sites is 1. The van der Waals surface area contributed by atoms with E-state index in [0.29, 0.717) is 18.0 Å². The summed E-state index contributed by atoms with van der Waals surface area (Å²) in [5.41, 5.74) is 2.80. The number of nitrogens with zero attached hydrogens (tertiary/aromatic N) is 2. The fourth-order valence-electron chi connectivity index (χ4n) is 2.40. The van der Waals surface area contributed by atoms with Crippen LogP contribution in [0.3, 0.4) is 0 Å². The molecule has 0 amide bonds. The van der Waals surface area contributed by atoms with Crippen LogP contribution < -0.4 is 4.74 Å². The normalized spacial score (nSPS) is 10.4. The topological polar surface area (TPSA) is 53.4 Å². The molecule has 5 nitrogen and oxygen atoms in total. The number of ether oxygens (including phenoxy) is 2. The van der Waals surface area contributed by atoms with Crippen molar-refractivity contribution in [2.24, 2.45) is 0 Å². The van der Waals surface area contributed by atoms with Gasteiger partial charge in [0.05, 0.1) is 25.1 Å². The van der Waals surface area contributed by atoms with Gasteiger partial charge in [0.2, 0.25) is 0 Å². The third-order valence-corrected chi connectivity index (χ3v) is 3.58. The van der Waals surface area contributed by atoms with Gasteiger partial charge in [-0.1, -0.05) is 18.2 Å². The van der Waals surface area contributed by atoms with Crippen LogP contribution in [0.4, 0.5) is 0 Å². The van der Waals surface area contributed by atoms with E-state index < -0.39 is 5.97 Å². The molecule has 0 fully saturated rings. The van der Waals surface area contributed by atoms with Gasteiger partial charge >= 0.3 is 5.97 Å². The maximum atomic E-state index is 12.3. The summed E-state index contributed by atoms with van der Waals surface area (Å²) in [7, 11) is 1.62. The molecular formula is C19H18N2O3. The largest absolute Gasteiger partial charge is 0.497 e. The van der Waals surface area contributed by atoms with Crippen LogP contribution in [-0.4, -0.2) is 29.5 Å². The maximum Gasteiger partial charge on any atom is 0.357 e. The number of methoxy groups -OCH3 is 1.